The van der Waals surface area contributed by atoms with Crippen molar-refractivity contribution in [1.29, 1.82) is 0 Å². The van der Waals surface area contributed by atoms with Crippen LogP contribution in [0.5, 0.6) is 5.75 Å². The predicted molar refractivity (Wildman–Crippen MR) is 95.5 cm³/mol. The first kappa shape index (κ1) is 19.1. The Morgan fingerprint density at radius 1 is 1.27 bits per heavy atom. The van der Waals surface area contributed by atoms with Gasteiger partial charge in [0.2, 0.25) is 0 Å². The molecular weight excluding hydrogens is 336 g/mol. The van der Waals surface area contributed by atoms with Crippen molar-refractivity contribution < 1.29 is 19.6 Å². The highest BCUT2D eigenvalue weighted by Gasteiger charge is 2.11. The molecule has 0 aliphatic heterocycles. The number of nitrogens with zero attached hydrogens (tertiary/aromatic N) is 2. The van der Waals surface area contributed by atoms with Gasteiger partial charge in [0.1, 0.15) is 11.9 Å². The lowest BCUT2D eigenvalue weighted by Gasteiger charge is -2.08. The number of carbonyl (C=O) groups is 1. The maximum atomic E-state index is 11.2. The molecule has 0 saturated heterocycles. The van der Waals surface area contributed by atoms with Crippen molar-refractivity contribution in [2.24, 2.45) is 5.92 Å². The third kappa shape index (κ3) is 5.41. The molecule has 26 heavy (non-hydrogen) atoms. The second-order valence-electron chi connectivity index (χ2n) is 6.10. The molecule has 0 bridgehead atoms. The van der Waals surface area contributed by atoms with E-state index in [0.29, 0.717) is 12.5 Å². The molecule has 7 heteroatoms. The maximum absolute atomic E-state index is 11.2. The highest BCUT2D eigenvalue weighted by Crippen LogP contribution is 2.18. The van der Waals surface area contributed by atoms with Gasteiger partial charge in [-0.05, 0) is 36.1 Å². The molecule has 0 spiro atoms. The van der Waals surface area contributed by atoms with Crippen LogP contribution >= 0.6 is 0 Å². The number of nitro groups is 1. The van der Waals surface area contributed by atoms with E-state index in [2.05, 4.69) is 18.8 Å². The summed E-state index contributed by atoms with van der Waals surface area (Å²) >= 11 is 0. The highest BCUT2D eigenvalue weighted by atomic mass is 16.6. The van der Waals surface area contributed by atoms with E-state index in [0.717, 1.165) is 30.0 Å². The lowest BCUT2D eigenvalue weighted by atomic mass is 10.1. The average molecular weight is 355 g/mol. The molecule has 136 valence electrons. The van der Waals surface area contributed by atoms with Crippen molar-refractivity contribution in [2.45, 2.75) is 20.3 Å². The van der Waals surface area contributed by atoms with Gasteiger partial charge in [-0.3, -0.25) is 10.1 Å². The van der Waals surface area contributed by atoms with E-state index in [4.69, 9.17) is 4.74 Å². The van der Waals surface area contributed by atoms with Gasteiger partial charge in [-0.1, -0.05) is 32.1 Å². The molecule has 0 unspecified atom stereocenters. The molecule has 2 aromatic rings. The quantitative estimate of drug-likeness (QED) is 0.532. The number of carboxylic acids is 1. The largest absolute Gasteiger partial charge is 0.545 e. The zero-order valence-corrected chi connectivity index (χ0v) is 14.5. The second-order valence-corrected chi connectivity index (χ2v) is 6.10. The smallest absolute Gasteiger partial charge is 0.288 e. The van der Waals surface area contributed by atoms with Crippen LogP contribution in [0, 0.1) is 16.0 Å². The number of rotatable bonds is 8. The Hall–Kier alpha value is -3.22. The van der Waals surface area contributed by atoms with Crippen molar-refractivity contribution in [3.8, 4) is 5.75 Å². The maximum Gasteiger partial charge on any atom is 0.288 e. The minimum atomic E-state index is -1.52. The van der Waals surface area contributed by atoms with Crippen LogP contribution < -0.4 is 9.84 Å². The number of carbonyl (C=O) groups excluding carboxylic acids is 1. The fourth-order valence-electron chi connectivity index (χ4n) is 2.12. The van der Waals surface area contributed by atoms with Gasteiger partial charge in [0, 0.05) is 11.6 Å². The molecule has 1 heterocycles. The summed E-state index contributed by atoms with van der Waals surface area (Å²) in [6.07, 6.45) is 5.12. The van der Waals surface area contributed by atoms with E-state index >= 15 is 0 Å². The van der Waals surface area contributed by atoms with Crippen LogP contribution in [0.1, 0.15) is 41.9 Å². The monoisotopic (exact) mass is 355 g/mol. The Balaban J connectivity index is 2.11. The van der Waals surface area contributed by atoms with Crippen LogP contribution in [0.4, 0.5) is 5.69 Å². The summed E-state index contributed by atoms with van der Waals surface area (Å²) in [5.41, 5.74) is 0.173. The molecule has 7 nitrogen and oxygen atoms in total. The topological polar surface area (TPSA) is 105 Å². The molecule has 0 saturated carbocycles. The Bertz CT molecular complexity index is 813. The fourth-order valence-corrected chi connectivity index (χ4v) is 2.12. The van der Waals surface area contributed by atoms with Crippen molar-refractivity contribution in [2.75, 3.05) is 6.61 Å². The molecule has 0 fully saturated rings. The van der Waals surface area contributed by atoms with E-state index in [-0.39, 0.29) is 11.3 Å². The fraction of sp³-hybridized carbons (Fsp3) is 0.263. The van der Waals surface area contributed by atoms with E-state index in [1.807, 2.05) is 24.3 Å². The van der Waals surface area contributed by atoms with E-state index in [1.165, 1.54) is 6.08 Å². The zero-order valence-electron chi connectivity index (χ0n) is 14.5. The molecule has 0 N–H and O–H groups in total. The third-order valence-corrected chi connectivity index (χ3v) is 3.61. The van der Waals surface area contributed by atoms with Crippen molar-refractivity contribution >= 4 is 23.8 Å². The summed E-state index contributed by atoms with van der Waals surface area (Å²) in [5.74, 6) is -0.189. The van der Waals surface area contributed by atoms with Gasteiger partial charge >= 0.3 is 0 Å². The van der Waals surface area contributed by atoms with Gasteiger partial charge in [-0.15, -0.1) is 0 Å². The van der Waals surface area contributed by atoms with E-state index in [1.54, 1.807) is 6.08 Å². The summed E-state index contributed by atoms with van der Waals surface area (Å²) in [5, 5.41) is 21.9. The number of benzene rings is 1. The number of ether oxygens (including phenoxy) is 1. The minimum Gasteiger partial charge on any atom is -0.545 e. The summed E-state index contributed by atoms with van der Waals surface area (Å²) in [6, 6.07) is 8.23. The lowest BCUT2D eigenvalue weighted by Crippen LogP contribution is -2.23. The Labute approximate surface area is 151 Å². The van der Waals surface area contributed by atoms with Crippen LogP contribution in [0.3, 0.4) is 0 Å². The van der Waals surface area contributed by atoms with Gasteiger partial charge in [-0.2, -0.15) is 0 Å². The molecule has 0 atom stereocenters. The van der Waals surface area contributed by atoms with Crippen LogP contribution in [0.2, 0.25) is 0 Å². The molecule has 0 radical (unpaired) electrons. The summed E-state index contributed by atoms with van der Waals surface area (Å²) in [7, 11) is 0. The molecule has 0 aliphatic rings. The molecule has 0 aliphatic carbocycles. The Kier molecular flexibility index (Phi) is 6.43. The number of hydrogen-bond donors (Lipinski definition) is 0. The third-order valence-electron chi connectivity index (χ3n) is 3.61. The van der Waals surface area contributed by atoms with Gasteiger partial charge < -0.3 is 14.6 Å². The highest BCUT2D eigenvalue weighted by molar-refractivity contribution is 5.91. The van der Waals surface area contributed by atoms with E-state index in [9.17, 15) is 20.0 Å². The number of hydrogen-bond acceptors (Lipinski definition) is 6. The van der Waals surface area contributed by atoms with Crippen LogP contribution in [0.15, 0.2) is 36.5 Å². The molecular formula is C19H19N2O5-. The number of carboxylic acid groups (broad SMARTS) is 1. The lowest BCUT2D eigenvalue weighted by molar-refractivity contribution is -0.385. The van der Waals surface area contributed by atoms with Gasteiger partial charge in [-0.25, -0.2) is 4.98 Å². The molecule has 1 aromatic heterocycles. The molecule has 0 amide bonds. The Morgan fingerprint density at radius 2 is 1.96 bits per heavy atom. The standard InChI is InChI=1S/C19H20N2O5/c1-13(2)9-10-26-16-6-3-14(4-7-16)5-8-18-17(19(22)23)11-15(12-20-18)21(24)25/h3-8,11-13H,9-10H2,1-2H3,(H,22,23)/p-1/b8-5+. The summed E-state index contributed by atoms with van der Waals surface area (Å²) < 4.78 is 5.63. The van der Waals surface area contributed by atoms with Gasteiger partial charge in [0.25, 0.3) is 5.69 Å². The van der Waals surface area contributed by atoms with Crippen LogP contribution in [-0.4, -0.2) is 22.5 Å². The van der Waals surface area contributed by atoms with Gasteiger partial charge in [0.05, 0.1) is 23.2 Å². The number of pyridine rings is 1. The Morgan fingerprint density at radius 3 is 2.54 bits per heavy atom. The molecule has 1 aromatic carbocycles. The normalized spacial score (nSPS) is 11.0. The first-order valence-electron chi connectivity index (χ1n) is 8.13. The van der Waals surface area contributed by atoms with Crippen LogP contribution in [-0.2, 0) is 0 Å². The summed E-state index contributed by atoms with van der Waals surface area (Å²) in [6.45, 7) is 4.91. The summed E-state index contributed by atoms with van der Waals surface area (Å²) in [4.78, 5) is 25.0. The minimum absolute atomic E-state index is 0.0906. The first-order valence-corrected chi connectivity index (χ1v) is 8.13. The van der Waals surface area contributed by atoms with Crippen molar-refractivity contribution in [3.63, 3.8) is 0 Å². The zero-order chi connectivity index (χ0) is 19.1. The van der Waals surface area contributed by atoms with Crippen LogP contribution in [0.25, 0.3) is 12.2 Å². The van der Waals surface area contributed by atoms with Gasteiger partial charge in [0.15, 0.2) is 0 Å². The average Bonchev–Trinajstić information content (AvgIpc) is 2.60. The second kappa shape index (κ2) is 8.75. The number of aromatic carboxylic acids is 1. The number of aromatic nitrogens is 1. The predicted octanol–water partition coefficient (Wildman–Crippen LogP) is 2.95. The van der Waals surface area contributed by atoms with Crippen molar-refractivity contribution in [3.05, 3.63) is 63.5 Å². The SMILES string of the molecule is CC(C)CCOc1ccc(/C=C/c2ncc([N+](=O)[O-])cc2C(=O)[O-])cc1. The first-order chi connectivity index (χ1) is 12.4. The molecule has 2 rings (SSSR count). The van der Waals surface area contributed by atoms with Crippen molar-refractivity contribution in [1.82, 2.24) is 4.98 Å². The van der Waals surface area contributed by atoms with E-state index < -0.39 is 16.6 Å².